The first-order valence-corrected chi connectivity index (χ1v) is 4.58. The molecule has 0 saturated heterocycles. The van der Waals surface area contributed by atoms with Gasteiger partial charge in [0, 0.05) is 13.6 Å². The highest BCUT2D eigenvalue weighted by Crippen LogP contribution is 2.21. The minimum absolute atomic E-state index is 0. The molecule has 0 aromatic heterocycles. The smallest absolute Gasteiger partial charge is 0.345 e. The summed E-state index contributed by atoms with van der Waals surface area (Å²) < 4.78 is 35.7. The zero-order chi connectivity index (χ0) is 12.3. The van der Waals surface area contributed by atoms with Crippen molar-refractivity contribution in [1.82, 2.24) is 4.90 Å². The number of nitrogens with zero attached hydrogens (tertiary/aromatic N) is 1. The van der Waals surface area contributed by atoms with Gasteiger partial charge in [-0.25, -0.2) is 0 Å². The summed E-state index contributed by atoms with van der Waals surface area (Å²) in [6.45, 7) is 4.13. The van der Waals surface area contributed by atoms with Crippen LogP contribution in [0.5, 0.6) is 0 Å². The van der Waals surface area contributed by atoms with Crippen molar-refractivity contribution in [1.29, 1.82) is 0 Å². The number of halogens is 4. The summed E-state index contributed by atoms with van der Waals surface area (Å²) >= 11 is 0. The van der Waals surface area contributed by atoms with Gasteiger partial charge in [-0.1, -0.05) is 13.8 Å². The van der Waals surface area contributed by atoms with Crippen LogP contribution in [0.4, 0.5) is 13.2 Å². The van der Waals surface area contributed by atoms with Gasteiger partial charge in [-0.15, -0.1) is 12.4 Å². The molecular weight excluding hydrogens is 245 g/mol. The lowest BCUT2D eigenvalue weighted by molar-refractivity contribution is -0.161. The average molecular weight is 263 g/mol. The van der Waals surface area contributed by atoms with Crippen molar-refractivity contribution in [2.24, 2.45) is 11.1 Å². The Morgan fingerprint density at radius 2 is 1.75 bits per heavy atom. The lowest BCUT2D eigenvalue weighted by Crippen LogP contribution is -2.41. The van der Waals surface area contributed by atoms with Gasteiger partial charge in [-0.2, -0.15) is 13.2 Å². The minimum atomic E-state index is -4.45. The molecule has 0 fully saturated rings. The van der Waals surface area contributed by atoms with Crippen LogP contribution in [-0.4, -0.2) is 37.1 Å². The molecule has 1 amide bonds. The largest absolute Gasteiger partial charge is 0.397 e. The monoisotopic (exact) mass is 262 g/mol. The van der Waals surface area contributed by atoms with Gasteiger partial charge in [0.05, 0.1) is 0 Å². The Morgan fingerprint density at radius 1 is 1.31 bits per heavy atom. The van der Waals surface area contributed by atoms with E-state index in [0.717, 1.165) is 4.90 Å². The van der Waals surface area contributed by atoms with E-state index in [9.17, 15) is 18.0 Å². The first kappa shape index (κ1) is 17.9. The summed E-state index contributed by atoms with van der Waals surface area (Å²) in [5.41, 5.74) is 5.06. The fourth-order valence-corrected chi connectivity index (χ4v) is 1.10. The highest BCUT2D eigenvalue weighted by atomic mass is 35.5. The third-order valence-electron chi connectivity index (χ3n) is 2.00. The number of amides is 1. The summed E-state index contributed by atoms with van der Waals surface area (Å²) in [6, 6.07) is 0. The maximum atomic E-state index is 11.9. The van der Waals surface area contributed by atoms with Crippen LogP contribution in [0.25, 0.3) is 0 Å². The Balaban J connectivity index is 0. The van der Waals surface area contributed by atoms with Gasteiger partial charge in [0.15, 0.2) is 0 Å². The molecule has 0 rings (SSSR count). The summed E-state index contributed by atoms with van der Waals surface area (Å²) in [6.07, 6.45) is -5.86. The van der Waals surface area contributed by atoms with Gasteiger partial charge in [-0.05, 0) is 12.0 Å². The van der Waals surface area contributed by atoms with Crippen LogP contribution in [0.2, 0.25) is 0 Å². The molecule has 0 aliphatic heterocycles. The molecule has 0 aliphatic carbocycles. The number of nitrogens with two attached hydrogens (primary N) is 1. The normalized spacial score (nSPS) is 11.9. The van der Waals surface area contributed by atoms with E-state index < -0.39 is 18.5 Å². The second-order valence-electron chi connectivity index (χ2n) is 4.41. The van der Waals surface area contributed by atoms with E-state index in [1.807, 2.05) is 0 Å². The minimum Gasteiger partial charge on any atom is -0.345 e. The van der Waals surface area contributed by atoms with Crippen molar-refractivity contribution in [2.75, 3.05) is 20.1 Å². The topological polar surface area (TPSA) is 46.3 Å². The molecule has 0 atom stereocenters. The van der Waals surface area contributed by atoms with Gasteiger partial charge in [-0.3, -0.25) is 4.79 Å². The van der Waals surface area contributed by atoms with Crippen molar-refractivity contribution in [3.63, 3.8) is 0 Å². The number of carbonyl (C=O) groups is 1. The standard InChI is InChI=1S/C9H17F3N2O.ClH/c1-8(2,5-13)6-14(3)7(15)4-9(10,11)12;/h4-6,13H2,1-3H3;1H. The second-order valence-corrected chi connectivity index (χ2v) is 4.41. The van der Waals surface area contributed by atoms with Crippen LogP contribution in [0.3, 0.4) is 0 Å². The third-order valence-corrected chi connectivity index (χ3v) is 2.00. The molecule has 0 bridgehead atoms. The SMILES string of the molecule is CN(CC(C)(C)CN)C(=O)CC(F)(F)F.Cl. The number of carbonyl (C=O) groups excluding carboxylic acids is 1. The Kier molecular flexibility index (Phi) is 7.04. The molecule has 0 aromatic carbocycles. The van der Waals surface area contributed by atoms with Crippen molar-refractivity contribution < 1.29 is 18.0 Å². The zero-order valence-electron chi connectivity index (χ0n) is 9.60. The molecule has 0 aliphatic rings. The van der Waals surface area contributed by atoms with Crippen LogP contribution >= 0.6 is 12.4 Å². The molecule has 0 radical (unpaired) electrons. The van der Waals surface area contributed by atoms with E-state index in [4.69, 9.17) is 5.73 Å². The summed E-state index contributed by atoms with van der Waals surface area (Å²) in [7, 11) is 1.35. The van der Waals surface area contributed by atoms with Gasteiger partial charge in [0.1, 0.15) is 6.42 Å². The van der Waals surface area contributed by atoms with E-state index in [1.165, 1.54) is 7.05 Å². The van der Waals surface area contributed by atoms with Gasteiger partial charge >= 0.3 is 6.18 Å². The van der Waals surface area contributed by atoms with E-state index in [0.29, 0.717) is 6.54 Å². The molecule has 2 N–H and O–H groups in total. The summed E-state index contributed by atoms with van der Waals surface area (Å²) in [5, 5.41) is 0. The number of hydrogen-bond acceptors (Lipinski definition) is 2. The van der Waals surface area contributed by atoms with Crippen molar-refractivity contribution in [3.05, 3.63) is 0 Å². The maximum absolute atomic E-state index is 11.9. The van der Waals surface area contributed by atoms with Crippen LogP contribution in [0, 0.1) is 5.41 Å². The maximum Gasteiger partial charge on any atom is 0.397 e. The molecule has 3 nitrogen and oxygen atoms in total. The third kappa shape index (κ3) is 7.76. The zero-order valence-corrected chi connectivity index (χ0v) is 10.4. The molecule has 7 heteroatoms. The van der Waals surface area contributed by atoms with Crippen molar-refractivity contribution in [3.8, 4) is 0 Å². The molecule has 0 saturated carbocycles. The van der Waals surface area contributed by atoms with E-state index in [-0.39, 0.29) is 24.4 Å². The van der Waals surface area contributed by atoms with Gasteiger partial charge < -0.3 is 10.6 Å². The summed E-state index contributed by atoms with van der Waals surface area (Å²) in [5.74, 6) is -0.927. The Labute approximate surface area is 99.6 Å². The van der Waals surface area contributed by atoms with Crippen LogP contribution < -0.4 is 5.73 Å². The highest BCUT2D eigenvalue weighted by molar-refractivity contribution is 5.85. The quantitative estimate of drug-likeness (QED) is 0.840. The fraction of sp³-hybridized carbons (Fsp3) is 0.889. The van der Waals surface area contributed by atoms with Gasteiger partial charge in [0.2, 0.25) is 5.91 Å². The highest BCUT2D eigenvalue weighted by Gasteiger charge is 2.33. The number of alkyl halides is 3. The predicted molar refractivity (Wildman–Crippen MR) is 58.4 cm³/mol. The fourth-order valence-electron chi connectivity index (χ4n) is 1.10. The Bertz CT molecular complexity index is 231. The van der Waals surface area contributed by atoms with Crippen molar-refractivity contribution >= 4 is 18.3 Å². The predicted octanol–water partition coefficient (Wildman–Crippen LogP) is 1.80. The molecule has 0 unspecified atom stereocenters. The number of rotatable bonds is 4. The molecule has 0 heterocycles. The molecule has 0 aromatic rings. The van der Waals surface area contributed by atoms with Crippen LogP contribution in [0.15, 0.2) is 0 Å². The Morgan fingerprint density at radius 3 is 2.06 bits per heavy atom. The van der Waals surface area contributed by atoms with Crippen molar-refractivity contribution in [2.45, 2.75) is 26.4 Å². The van der Waals surface area contributed by atoms with E-state index in [1.54, 1.807) is 13.8 Å². The van der Waals surface area contributed by atoms with Crippen LogP contribution in [0.1, 0.15) is 20.3 Å². The molecular formula is C9H18ClF3N2O. The van der Waals surface area contributed by atoms with E-state index in [2.05, 4.69) is 0 Å². The summed E-state index contributed by atoms with van der Waals surface area (Å²) in [4.78, 5) is 12.2. The molecule has 0 spiro atoms. The lowest BCUT2D eigenvalue weighted by Gasteiger charge is -2.29. The molecule has 16 heavy (non-hydrogen) atoms. The first-order valence-electron chi connectivity index (χ1n) is 4.58. The lowest BCUT2D eigenvalue weighted by atomic mass is 9.93. The average Bonchev–Trinajstić information content (AvgIpc) is 2.00. The number of hydrogen-bond donors (Lipinski definition) is 1. The van der Waals surface area contributed by atoms with Crippen LogP contribution in [-0.2, 0) is 4.79 Å². The van der Waals surface area contributed by atoms with Gasteiger partial charge in [0.25, 0.3) is 0 Å². The first-order chi connectivity index (χ1) is 6.57. The Hall–Kier alpha value is -0.490. The second kappa shape index (κ2) is 6.30. The van der Waals surface area contributed by atoms with E-state index >= 15 is 0 Å². The molecule has 98 valence electrons.